The number of hydrogen-bond acceptors (Lipinski definition) is 5. The smallest absolute Gasteiger partial charge is 0.419 e. The van der Waals surface area contributed by atoms with Crippen LogP contribution in [0.1, 0.15) is 32.8 Å². The van der Waals surface area contributed by atoms with E-state index in [0.29, 0.717) is 19.5 Å². The number of ether oxygens (including phenoxy) is 1. The number of carbonyl (C=O) groups is 2. The summed E-state index contributed by atoms with van der Waals surface area (Å²) < 4.78 is 6.97. The molecule has 1 unspecified atom stereocenters. The van der Waals surface area contributed by atoms with Crippen LogP contribution in [0.3, 0.4) is 0 Å². The summed E-state index contributed by atoms with van der Waals surface area (Å²) >= 11 is 0. The molecule has 0 amide bonds. The van der Waals surface area contributed by atoms with E-state index in [1.54, 1.807) is 11.1 Å². The minimum Gasteiger partial charge on any atom is -0.480 e. The summed E-state index contributed by atoms with van der Waals surface area (Å²) in [6.07, 6.45) is 2.93. The molecule has 2 N–H and O–H groups in total. The Labute approximate surface area is 163 Å². The van der Waals surface area contributed by atoms with Gasteiger partial charge < -0.3 is 14.9 Å². The zero-order valence-electron chi connectivity index (χ0n) is 16.4. The van der Waals surface area contributed by atoms with E-state index in [1.807, 2.05) is 51.1 Å². The highest BCUT2D eigenvalue weighted by molar-refractivity contribution is 5.96. The summed E-state index contributed by atoms with van der Waals surface area (Å²) in [4.78, 5) is 25.4. The first-order chi connectivity index (χ1) is 13.1. The maximum absolute atomic E-state index is 12.6. The second kappa shape index (κ2) is 7.77. The molecule has 1 saturated heterocycles. The number of para-hydroxylation sites is 1. The summed E-state index contributed by atoms with van der Waals surface area (Å²) in [5, 5.41) is 20.3. The lowest BCUT2D eigenvalue weighted by Gasteiger charge is -2.30. The van der Waals surface area contributed by atoms with Gasteiger partial charge in [0.2, 0.25) is 0 Å². The number of aliphatic hydroxyl groups excluding tert-OH is 1. The Morgan fingerprint density at radius 2 is 2.00 bits per heavy atom. The van der Waals surface area contributed by atoms with E-state index < -0.39 is 23.8 Å². The van der Waals surface area contributed by atoms with Gasteiger partial charge in [-0.2, -0.15) is 0 Å². The Balaban J connectivity index is 1.97. The van der Waals surface area contributed by atoms with E-state index in [-0.39, 0.29) is 6.54 Å². The number of benzene rings is 1. The average Bonchev–Trinajstić information content (AvgIpc) is 2.95. The monoisotopic (exact) mass is 386 g/mol. The number of likely N-dealkylation sites (tertiary alicyclic amines) is 1. The van der Waals surface area contributed by atoms with Gasteiger partial charge in [-0.25, -0.2) is 4.79 Å². The first-order valence-electron chi connectivity index (χ1n) is 9.30. The van der Waals surface area contributed by atoms with Crippen LogP contribution in [0, 0.1) is 0 Å². The zero-order valence-corrected chi connectivity index (χ0v) is 16.4. The number of carboxylic acid groups (broad SMARTS) is 1. The molecule has 0 aliphatic carbocycles. The SMILES string of the molecule is CC(C)(C)OC(=O)n1cc(/C=C2/CN(CC(=O)O)CCC2O)c2ccccc21. The molecule has 1 aromatic heterocycles. The third kappa shape index (κ3) is 4.61. The van der Waals surface area contributed by atoms with Gasteiger partial charge in [0.15, 0.2) is 0 Å². The number of rotatable bonds is 3. The van der Waals surface area contributed by atoms with Gasteiger partial charge >= 0.3 is 12.1 Å². The van der Waals surface area contributed by atoms with Crippen molar-refractivity contribution in [2.45, 2.75) is 38.9 Å². The van der Waals surface area contributed by atoms with Crippen molar-refractivity contribution in [2.24, 2.45) is 0 Å². The first-order valence-corrected chi connectivity index (χ1v) is 9.30. The standard InChI is InChI=1S/C21H26N2O5/c1-21(2,3)28-20(27)23-12-14(16-6-4-5-7-17(16)23)10-15-11-22(13-19(25)26)9-8-18(15)24/h4-7,10,12,18,24H,8-9,11,13H2,1-3H3,(H,25,26)/b15-10-. The molecule has 1 aromatic carbocycles. The predicted molar refractivity (Wildman–Crippen MR) is 106 cm³/mol. The van der Waals surface area contributed by atoms with Gasteiger partial charge in [0.25, 0.3) is 0 Å². The van der Waals surface area contributed by atoms with E-state index in [2.05, 4.69) is 0 Å². The lowest BCUT2D eigenvalue weighted by atomic mass is 9.98. The molecule has 0 saturated carbocycles. The van der Waals surface area contributed by atoms with Crippen LogP contribution in [0.2, 0.25) is 0 Å². The molecule has 28 heavy (non-hydrogen) atoms. The fourth-order valence-electron chi connectivity index (χ4n) is 3.38. The molecular weight excluding hydrogens is 360 g/mol. The summed E-state index contributed by atoms with van der Waals surface area (Å²) in [5.74, 6) is -0.891. The van der Waals surface area contributed by atoms with Gasteiger partial charge in [-0.15, -0.1) is 0 Å². The van der Waals surface area contributed by atoms with Crippen LogP contribution in [0.4, 0.5) is 4.79 Å². The number of nitrogens with zero attached hydrogens (tertiary/aromatic N) is 2. The number of fused-ring (bicyclic) bond motifs is 1. The number of piperidine rings is 1. The molecule has 1 aliphatic rings. The molecule has 3 rings (SSSR count). The quantitative estimate of drug-likeness (QED) is 0.843. The van der Waals surface area contributed by atoms with Crippen LogP contribution in [0.5, 0.6) is 0 Å². The predicted octanol–water partition coefficient (Wildman–Crippen LogP) is 2.96. The largest absolute Gasteiger partial charge is 0.480 e. The van der Waals surface area contributed by atoms with E-state index in [4.69, 9.17) is 9.84 Å². The van der Waals surface area contributed by atoms with Crippen molar-refractivity contribution in [1.82, 2.24) is 9.47 Å². The molecule has 2 aromatic rings. The van der Waals surface area contributed by atoms with Crippen LogP contribution >= 0.6 is 0 Å². The highest BCUT2D eigenvalue weighted by Gasteiger charge is 2.25. The van der Waals surface area contributed by atoms with Crippen molar-refractivity contribution >= 4 is 29.0 Å². The molecular formula is C21H26N2O5. The Bertz CT molecular complexity index is 923. The molecule has 1 atom stereocenters. The van der Waals surface area contributed by atoms with Gasteiger partial charge in [-0.3, -0.25) is 14.3 Å². The topological polar surface area (TPSA) is 92.0 Å². The fraction of sp³-hybridized carbons (Fsp3) is 0.429. The lowest BCUT2D eigenvalue weighted by Crippen LogP contribution is -2.40. The van der Waals surface area contributed by atoms with Crippen molar-refractivity contribution in [1.29, 1.82) is 0 Å². The van der Waals surface area contributed by atoms with Crippen molar-refractivity contribution in [3.05, 3.63) is 41.6 Å². The second-order valence-electron chi connectivity index (χ2n) is 8.08. The molecule has 1 fully saturated rings. The zero-order chi connectivity index (χ0) is 20.5. The van der Waals surface area contributed by atoms with E-state index in [0.717, 1.165) is 22.0 Å². The van der Waals surface area contributed by atoms with Gasteiger partial charge in [0.1, 0.15) is 5.60 Å². The minimum atomic E-state index is -0.891. The molecule has 2 heterocycles. The van der Waals surface area contributed by atoms with Crippen LogP contribution in [-0.2, 0) is 9.53 Å². The molecule has 0 radical (unpaired) electrons. The second-order valence-corrected chi connectivity index (χ2v) is 8.08. The van der Waals surface area contributed by atoms with Crippen molar-refractivity contribution in [3.63, 3.8) is 0 Å². The summed E-state index contributed by atoms with van der Waals surface area (Å²) in [7, 11) is 0. The Hall–Kier alpha value is -2.64. The van der Waals surface area contributed by atoms with Gasteiger partial charge in [-0.1, -0.05) is 18.2 Å². The number of aromatic nitrogens is 1. The third-order valence-corrected chi connectivity index (χ3v) is 4.59. The number of hydrogen-bond donors (Lipinski definition) is 2. The summed E-state index contributed by atoms with van der Waals surface area (Å²) in [5.41, 5.74) is 1.63. The Morgan fingerprint density at radius 3 is 2.68 bits per heavy atom. The maximum atomic E-state index is 12.6. The van der Waals surface area contributed by atoms with E-state index >= 15 is 0 Å². The molecule has 0 spiro atoms. The molecule has 1 aliphatic heterocycles. The number of carbonyl (C=O) groups excluding carboxylic acids is 1. The van der Waals surface area contributed by atoms with Gasteiger partial charge in [0.05, 0.1) is 18.2 Å². The van der Waals surface area contributed by atoms with Crippen LogP contribution in [0.15, 0.2) is 36.0 Å². The molecule has 150 valence electrons. The van der Waals surface area contributed by atoms with Crippen molar-refractivity contribution in [3.8, 4) is 0 Å². The highest BCUT2D eigenvalue weighted by Crippen LogP contribution is 2.27. The summed E-state index contributed by atoms with van der Waals surface area (Å²) in [6, 6.07) is 7.49. The van der Waals surface area contributed by atoms with Crippen molar-refractivity contribution < 1.29 is 24.5 Å². The van der Waals surface area contributed by atoms with Crippen LogP contribution < -0.4 is 0 Å². The number of aliphatic carboxylic acids is 1. The minimum absolute atomic E-state index is 0.0657. The Morgan fingerprint density at radius 1 is 1.29 bits per heavy atom. The molecule has 7 nitrogen and oxygen atoms in total. The number of aliphatic hydroxyl groups is 1. The normalized spacial score (nSPS) is 19.9. The van der Waals surface area contributed by atoms with E-state index in [1.165, 1.54) is 4.57 Å². The maximum Gasteiger partial charge on any atom is 0.419 e. The average molecular weight is 386 g/mol. The van der Waals surface area contributed by atoms with Crippen molar-refractivity contribution in [2.75, 3.05) is 19.6 Å². The Kier molecular flexibility index (Phi) is 5.58. The first kappa shape index (κ1) is 20.1. The van der Waals surface area contributed by atoms with E-state index in [9.17, 15) is 14.7 Å². The number of carboxylic acids is 1. The van der Waals surface area contributed by atoms with Crippen LogP contribution in [-0.4, -0.2) is 63.1 Å². The van der Waals surface area contributed by atoms with Gasteiger partial charge in [-0.05, 0) is 44.9 Å². The summed E-state index contributed by atoms with van der Waals surface area (Å²) in [6.45, 7) is 6.28. The fourth-order valence-corrected chi connectivity index (χ4v) is 3.38. The van der Waals surface area contributed by atoms with Gasteiger partial charge in [0, 0.05) is 30.2 Å². The highest BCUT2D eigenvalue weighted by atomic mass is 16.6. The van der Waals surface area contributed by atoms with Crippen LogP contribution in [0.25, 0.3) is 17.0 Å². The molecule has 0 bridgehead atoms. The molecule has 7 heteroatoms. The third-order valence-electron chi connectivity index (χ3n) is 4.59. The lowest BCUT2D eigenvalue weighted by molar-refractivity contribution is -0.138.